The van der Waals surface area contributed by atoms with E-state index in [4.69, 9.17) is 0 Å². The Morgan fingerprint density at radius 1 is 1.03 bits per heavy atom. The van der Waals surface area contributed by atoms with Crippen LogP contribution in [0.15, 0.2) is 53.7 Å². The van der Waals surface area contributed by atoms with E-state index in [9.17, 15) is 9.18 Å². The van der Waals surface area contributed by atoms with E-state index in [1.807, 2.05) is 12.1 Å². The quantitative estimate of drug-likeness (QED) is 0.416. The van der Waals surface area contributed by atoms with Gasteiger partial charge < -0.3 is 4.57 Å². The van der Waals surface area contributed by atoms with Gasteiger partial charge in [-0.15, -0.1) is 20.4 Å². The molecule has 0 saturated heterocycles. The van der Waals surface area contributed by atoms with Gasteiger partial charge in [-0.2, -0.15) is 0 Å². The first-order valence-corrected chi connectivity index (χ1v) is 11.3. The third kappa shape index (κ3) is 4.97. The third-order valence-corrected chi connectivity index (χ3v) is 6.46. The van der Waals surface area contributed by atoms with Gasteiger partial charge in [0.05, 0.1) is 5.75 Å². The lowest BCUT2D eigenvalue weighted by Gasteiger charge is -2.04. The zero-order valence-electron chi connectivity index (χ0n) is 16.9. The van der Waals surface area contributed by atoms with Crippen LogP contribution in [-0.4, -0.2) is 36.6 Å². The average Bonchev–Trinajstić information content (AvgIpc) is 3.39. The second-order valence-corrected chi connectivity index (χ2v) is 8.59. The van der Waals surface area contributed by atoms with Crippen molar-refractivity contribution in [2.45, 2.75) is 18.5 Å². The molecule has 0 spiro atoms. The highest BCUT2D eigenvalue weighted by atomic mass is 32.2. The van der Waals surface area contributed by atoms with Crippen LogP contribution in [0.2, 0.25) is 0 Å². The fourth-order valence-electron chi connectivity index (χ4n) is 2.85. The van der Waals surface area contributed by atoms with E-state index < -0.39 is 0 Å². The fourth-order valence-corrected chi connectivity index (χ4v) is 4.33. The molecular formula is C21H19FN6OS2. The molecule has 1 N–H and O–H groups in total. The number of amides is 1. The Morgan fingerprint density at radius 2 is 1.74 bits per heavy atom. The Labute approximate surface area is 186 Å². The predicted molar refractivity (Wildman–Crippen MR) is 120 cm³/mol. The van der Waals surface area contributed by atoms with Crippen molar-refractivity contribution in [3.63, 3.8) is 0 Å². The number of hydrogen-bond acceptors (Lipinski definition) is 7. The summed E-state index contributed by atoms with van der Waals surface area (Å²) in [4.78, 5) is 12.3. The van der Waals surface area contributed by atoms with Crippen molar-refractivity contribution >= 4 is 34.1 Å². The second-order valence-electron chi connectivity index (χ2n) is 6.67. The van der Waals surface area contributed by atoms with Crippen LogP contribution in [-0.2, 0) is 18.3 Å². The van der Waals surface area contributed by atoms with Gasteiger partial charge in [-0.3, -0.25) is 10.1 Å². The molecule has 31 heavy (non-hydrogen) atoms. The molecule has 10 heteroatoms. The molecule has 4 rings (SSSR count). The molecule has 0 unspecified atom stereocenters. The molecule has 0 fully saturated rings. The summed E-state index contributed by atoms with van der Waals surface area (Å²) in [5.41, 5.74) is 2.98. The largest absolute Gasteiger partial charge is 0.305 e. The molecule has 2 aromatic carbocycles. The van der Waals surface area contributed by atoms with Crippen molar-refractivity contribution < 1.29 is 9.18 Å². The first-order chi connectivity index (χ1) is 15.0. The second kappa shape index (κ2) is 9.36. The summed E-state index contributed by atoms with van der Waals surface area (Å²) in [5.74, 6) is 0.233. The summed E-state index contributed by atoms with van der Waals surface area (Å²) >= 11 is 2.59. The highest BCUT2D eigenvalue weighted by Crippen LogP contribution is 2.27. The molecule has 0 atom stereocenters. The van der Waals surface area contributed by atoms with E-state index in [-0.39, 0.29) is 17.5 Å². The number of nitrogens with zero attached hydrogens (tertiary/aromatic N) is 5. The normalized spacial score (nSPS) is 10.9. The number of thioether (sulfide) groups is 1. The van der Waals surface area contributed by atoms with Crippen LogP contribution in [0.4, 0.5) is 9.52 Å². The molecule has 2 aromatic heterocycles. The van der Waals surface area contributed by atoms with E-state index in [1.165, 1.54) is 40.8 Å². The zero-order valence-corrected chi connectivity index (χ0v) is 18.5. The average molecular weight is 455 g/mol. The SMILES string of the molecule is CCc1ccc(-c2nnc(NC(=O)CSc3nnc(-c4ccc(F)cc4)n3C)s2)cc1. The molecule has 1 amide bonds. The van der Waals surface area contributed by atoms with Crippen molar-refractivity contribution in [3.8, 4) is 22.0 Å². The van der Waals surface area contributed by atoms with Crippen molar-refractivity contribution in [2.75, 3.05) is 11.1 Å². The Hall–Kier alpha value is -3.11. The first kappa shape index (κ1) is 21.1. The minimum atomic E-state index is -0.310. The number of benzene rings is 2. The summed E-state index contributed by atoms with van der Waals surface area (Å²) in [6, 6.07) is 14.2. The van der Waals surface area contributed by atoms with Gasteiger partial charge in [-0.1, -0.05) is 54.3 Å². The predicted octanol–water partition coefficient (Wildman–Crippen LogP) is 4.43. The van der Waals surface area contributed by atoms with Crippen LogP contribution >= 0.6 is 23.1 Å². The highest BCUT2D eigenvalue weighted by molar-refractivity contribution is 7.99. The van der Waals surface area contributed by atoms with Crippen LogP contribution in [0.5, 0.6) is 0 Å². The third-order valence-electron chi connectivity index (χ3n) is 4.55. The summed E-state index contributed by atoms with van der Waals surface area (Å²) < 4.78 is 14.9. The molecule has 4 aromatic rings. The number of halogens is 1. The molecular weight excluding hydrogens is 435 g/mol. The van der Waals surface area contributed by atoms with Crippen molar-refractivity contribution in [1.82, 2.24) is 25.0 Å². The molecule has 0 saturated carbocycles. The van der Waals surface area contributed by atoms with E-state index in [1.54, 1.807) is 23.7 Å². The lowest BCUT2D eigenvalue weighted by atomic mass is 10.1. The van der Waals surface area contributed by atoms with Gasteiger partial charge in [0, 0.05) is 18.2 Å². The smallest absolute Gasteiger partial charge is 0.236 e. The van der Waals surface area contributed by atoms with Crippen LogP contribution < -0.4 is 5.32 Å². The summed E-state index contributed by atoms with van der Waals surface area (Å²) in [6.45, 7) is 2.11. The van der Waals surface area contributed by atoms with Gasteiger partial charge in [0.2, 0.25) is 11.0 Å². The molecule has 0 aliphatic heterocycles. The minimum Gasteiger partial charge on any atom is -0.305 e. The van der Waals surface area contributed by atoms with Crippen molar-refractivity contribution in [3.05, 3.63) is 59.9 Å². The van der Waals surface area contributed by atoms with E-state index in [0.717, 1.165) is 22.6 Å². The lowest BCUT2D eigenvalue weighted by Crippen LogP contribution is -2.14. The minimum absolute atomic E-state index is 0.148. The Balaban J connectivity index is 1.36. The van der Waals surface area contributed by atoms with Crippen molar-refractivity contribution in [1.29, 1.82) is 0 Å². The maximum Gasteiger partial charge on any atom is 0.236 e. The van der Waals surface area contributed by atoms with E-state index in [0.29, 0.717) is 16.1 Å². The first-order valence-electron chi connectivity index (χ1n) is 9.54. The fraction of sp³-hybridized carbons (Fsp3) is 0.190. The molecule has 0 radical (unpaired) electrons. The van der Waals surface area contributed by atoms with Crippen LogP contribution in [0.3, 0.4) is 0 Å². The van der Waals surface area contributed by atoms with Crippen LogP contribution in [0.1, 0.15) is 12.5 Å². The molecule has 158 valence electrons. The summed E-state index contributed by atoms with van der Waals surface area (Å²) in [6.07, 6.45) is 0.978. The van der Waals surface area contributed by atoms with Gasteiger partial charge in [0.1, 0.15) is 10.8 Å². The topological polar surface area (TPSA) is 85.6 Å². The van der Waals surface area contributed by atoms with Crippen molar-refractivity contribution in [2.24, 2.45) is 7.05 Å². The molecule has 0 aliphatic carbocycles. The summed E-state index contributed by atoms with van der Waals surface area (Å²) in [7, 11) is 1.81. The summed E-state index contributed by atoms with van der Waals surface area (Å²) in [5, 5.41) is 21.1. The zero-order chi connectivity index (χ0) is 21.8. The molecule has 2 heterocycles. The van der Waals surface area contributed by atoms with E-state index >= 15 is 0 Å². The molecule has 0 aliphatic rings. The molecule has 0 bridgehead atoms. The van der Waals surface area contributed by atoms with Gasteiger partial charge >= 0.3 is 0 Å². The molecule has 7 nitrogen and oxygen atoms in total. The Kier molecular flexibility index (Phi) is 6.38. The van der Waals surface area contributed by atoms with Gasteiger partial charge in [-0.05, 0) is 36.2 Å². The van der Waals surface area contributed by atoms with Gasteiger partial charge in [0.15, 0.2) is 11.0 Å². The Morgan fingerprint density at radius 3 is 2.45 bits per heavy atom. The number of rotatable bonds is 7. The standard InChI is InChI=1S/C21H19FN6OS2/c1-3-13-4-6-15(7-5-13)19-25-26-20(31-19)23-17(29)12-30-21-27-24-18(28(21)2)14-8-10-16(22)11-9-14/h4-11H,3,12H2,1-2H3,(H,23,26,29). The number of aromatic nitrogens is 5. The lowest BCUT2D eigenvalue weighted by molar-refractivity contribution is -0.113. The van der Waals surface area contributed by atoms with Gasteiger partial charge in [-0.25, -0.2) is 4.39 Å². The van der Waals surface area contributed by atoms with Crippen LogP contribution in [0, 0.1) is 5.82 Å². The monoisotopic (exact) mass is 454 g/mol. The Bertz CT molecular complexity index is 1190. The number of carbonyl (C=O) groups is 1. The number of anilines is 1. The number of hydrogen-bond donors (Lipinski definition) is 1. The van der Waals surface area contributed by atoms with Gasteiger partial charge in [0.25, 0.3) is 0 Å². The maximum absolute atomic E-state index is 13.1. The maximum atomic E-state index is 13.1. The number of carbonyl (C=O) groups excluding carboxylic acids is 1. The highest BCUT2D eigenvalue weighted by Gasteiger charge is 2.14. The van der Waals surface area contributed by atoms with Crippen LogP contribution in [0.25, 0.3) is 22.0 Å². The number of aryl methyl sites for hydroxylation is 1. The number of nitrogens with one attached hydrogen (secondary N) is 1. The van der Waals surface area contributed by atoms with E-state index in [2.05, 4.69) is 44.8 Å².